The molecule has 0 saturated carbocycles. The minimum absolute atomic E-state index is 0.0630. The first-order valence-corrected chi connectivity index (χ1v) is 9.43. The number of fused-ring (bicyclic) bond motifs is 1. The first kappa shape index (κ1) is 17.7. The van der Waals surface area contributed by atoms with Crippen LogP contribution in [0.2, 0.25) is 0 Å². The predicted octanol–water partition coefficient (Wildman–Crippen LogP) is 3.95. The molecule has 1 aliphatic heterocycles. The van der Waals surface area contributed by atoms with Crippen molar-refractivity contribution < 1.29 is 4.79 Å². The summed E-state index contributed by atoms with van der Waals surface area (Å²) in [5, 5.41) is 3.05. The quantitative estimate of drug-likeness (QED) is 0.896. The van der Waals surface area contributed by atoms with Crippen LogP contribution in [0.15, 0.2) is 30.5 Å². The molecule has 1 N–H and O–H groups in total. The molecule has 0 bridgehead atoms. The predicted molar refractivity (Wildman–Crippen MR) is 101 cm³/mol. The van der Waals surface area contributed by atoms with Crippen molar-refractivity contribution in [2.24, 2.45) is 5.92 Å². The molecule has 2 atom stereocenters. The minimum Gasteiger partial charge on any atom is -0.348 e. The van der Waals surface area contributed by atoms with Crippen LogP contribution in [-0.2, 0) is 19.4 Å². The zero-order valence-electron chi connectivity index (χ0n) is 15.7. The molecule has 0 saturated heterocycles. The third-order valence-corrected chi connectivity index (χ3v) is 5.44. The number of carbonyl (C=O) groups is 1. The molecule has 2 unspecified atom stereocenters. The van der Waals surface area contributed by atoms with Gasteiger partial charge in [0.15, 0.2) is 0 Å². The molecule has 2 heterocycles. The van der Waals surface area contributed by atoms with Gasteiger partial charge in [-0.15, -0.1) is 0 Å². The lowest BCUT2D eigenvalue weighted by Crippen LogP contribution is -2.36. The summed E-state index contributed by atoms with van der Waals surface area (Å²) >= 11 is 0. The molecule has 1 aromatic heterocycles. The number of hydrogen-bond donors (Lipinski definition) is 1. The van der Waals surface area contributed by atoms with Crippen LogP contribution in [0.1, 0.15) is 67.5 Å². The average Bonchev–Trinajstić information content (AvgIpc) is 3.05. The Labute approximate surface area is 150 Å². The van der Waals surface area contributed by atoms with Gasteiger partial charge in [-0.05, 0) is 36.8 Å². The number of nitrogens with one attached hydrogen (secondary N) is 1. The monoisotopic (exact) mass is 339 g/mol. The topological polar surface area (TPSA) is 46.9 Å². The Kier molecular flexibility index (Phi) is 5.26. The van der Waals surface area contributed by atoms with E-state index in [1.54, 1.807) is 0 Å². The first-order valence-electron chi connectivity index (χ1n) is 9.43. The van der Waals surface area contributed by atoms with Gasteiger partial charge in [0, 0.05) is 31.1 Å². The molecule has 0 radical (unpaired) electrons. The van der Waals surface area contributed by atoms with E-state index in [0.29, 0.717) is 17.5 Å². The third kappa shape index (κ3) is 3.94. The van der Waals surface area contributed by atoms with E-state index in [2.05, 4.69) is 59.9 Å². The second kappa shape index (κ2) is 7.42. The normalized spacial score (nSPS) is 18.0. The lowest BCUT2D eigenvalue weighted by atomic mass is 9.91. The summed E-state index contributed by atoms with van der Waals surface area (Å²) in [6.07, 6.45) is 5.01. The smallest absolute Gasteiger partial charge is 0.271 e. The number of aryl methyl sites for hydroxylation is 2. The van der Waals surface area contributed by atoms with Crippen LogP contribution >= 0.6 is 0 Å². The molecule has 4 heteroatoms. The summed E-state index contributed by atoms with van der Waals surface area (Å²) in [6, 6.07) is 9.11. The molecule has 1 aliphatic rings. The highest BCUT2D eigenvalue weighted by molar-refractivity contribution is 5.92. The summed E-state index contributed by atoms with van der Waals surface area (Å²) in [7, 11) is 0. The standard InChI is InChI=1S/C21H29N3O/c1-5-16-6-8-17(9-7-16)18-10-11-20-23-19(13-24(20)12-18)21(25)22-15(4)14(2)3/h6-9,13-15,18H,5,10-12H2,1-4H3,(H,22,25). The van der Waals surface area contributed by atoms with Gasteiger partial charge >= 0.3 is 0 Å². The van der Waals surface area contributed by atoms with Crippen molar-refractivity contribution in [3.05, 3.63) is 53.1 Å². The number of carbonyl (C=O) groups excluding carboxylic acids is 1. The van der Waals surface area contributed by atoms with Gasteiger partial charge in [0.2, 0.25) is 0 Å². The molecular weight excluding hydrogens is 310 g/mol. The van der Waals surface area contributed by atoms with Crippen LogP contribution in [0.3, 0.4) is 0 Å². The maximum atomic E-state index is 12.4. The maximum absolute atomic E-state index is 12.4. The van der Waals surface area contributed by atoms with Crippen LogP contribution in [0, 0.1) is 5.92 Å². The van der Waals surface area contributed by atoms with E-state index in [-0.39, 0.29) is 11.9 Å². The average molecular weight is 339 g/mol. The van der Waals surface area contributed by atoms with E-state index in [1.807, 2.05) is 13.1 Å². The van der Waals surface area contributed by atoms with Crippen molar-refractivity contribution >= 4 is 5.91 Å². The van der Waals surface area contributed by atoms with Gasteiger partial charge in [0.1, 0.15) is 11.5 Å². The molecule has 25 heavy (non-hydrogen) atoms. The fourth-order valence-electron chi connectivity index (χ4n) is 3.30. The second-order valence-corrected chi connectivity index (χ2v) is 7.53. The van der Waals surface area contributed by atoms with Crippen molar-refractivity contribution in [3.8, 4) is 0 Å². The Balaban J connectivity index is 1.71. The fourth-order valence-corrected chi connectivity index (χ4v) is 3.30. The molecular formula is C21H29N3O. The van der Waals surface area contributed by atoms with E-state index in [0.717, 1.165) is 31.6 Å². The largest absolute Gasteiger partial charge is 0.348 e. The van der Waals surface area contributed by atoms with Gasteiger partial charge in [0.25, 0.3) is 5.91 Å². The van der Waals surface area contributed by atoms with Crippen LogP contribution < -0.4 is 5.32 Å². The Hall–Kier alpha value is -2.10. The minimum atomic E-state index is -0.0630. The summed E-state index contributed by atoms with van der Waals surface area (Å²) < 4.78 is 2.16. The number of rotatable bonds is 5. The highest BCUT2D eigenvalue weighted by Gasteiger charge is 2.24. The zero-order chi connectivity index (χ0) is 18.0. The SMILES string of the molecule is CCc1ccc(C2CCc3nc(C(=O)NC(C)C(C)C)cn3C2)cc1. The zero-order valence-corrected chi connectivity index (χ0v) is 15.7. The van der Waals surface area contributed by atoms with Crippen LogP contribution in [-0.4, -0.2) is 21.5 Å². The second-order valence-electron chi connectivity index (χ2n) is 7.53. The Bertz CT molecular complexity index is 730. The van der Waals surface area contributed by atoms with E-state index in [9.17, 15) is 4.79 Å². The highest BCUT2D eigenvalue weighted by atomic mass is 16.2. The molecule has 0 aliphatic carbocycles. The van der Waals surface area contributed by atoms with Crippen molar-refractivity contribution in [1.29, 1.82) is 0 Å². The van der Waals surface area contributed by atoms with E-state index < -0.39 is 0 Å². The van der Waals surface area contributed by atoms with Gasteiger partial charge in [0.05, 0.1) is 0 Å². The summed E-state index contributed by atoms with van der Waals surface area (Å²) in [6.45, 7) is 9.34. The summed E-state index contributed by atoms with van der Waals surface area (Å²) in [5.74, 6) is 1.88. The lowest BCUT2D eigenvalue weighted by molar-refractivity contribution is 0.0925. The van der Waals surface area contributed by atoms with Crippen molar-refractivity contribution in [2.75, 3.05) is 0 Å². The van der Waals surface area contributed by atoms with Crippen molar-refractivity contribution in [3.63, 3.8) is 0 Å². The third-order valence-electron chi connectivity index (χ3n) is 5.44. The number of hydrogen-bond acceptors (Lipinski definition) is 2. The van der Waals surface area contributed by atoms with Gasteiger partial charge in [-0.25, -0.2) is 4.98 Å². The van der Waals surface area contributed by atoms with Gasteiger partial charge < -0.3 is 9.88 Å². The summed E-state index contributed by atoms with van der Waals surface area (Å²) in [5.41, 5.74) is 3.31. The van der Waals surface area contributed by atoms with Gasteiger partial charge in [-0.2, -0.15) is 0 Å². The number of amides is 1. The number of nitrogens with zero attached hydrogens (tertiary/aromatic N) is 2. The molecule has 1 amide bonds. The molecule has 2 aromatic rings. The van der Waals surface area contributed by atoms with Crippen molar-refractivity contribution in [2.45, 2.75) is 65.5 Å². The number of imidazole rings is 1. The molecule has 3 rings (SSSR count). The first-order chi connectivity index (χ1) is 12.0. The van der Waals surface area contributed by atoms with Crippen LogP contribution in [0.25, 0.3) is 0 Å². The van der Waals surface area contributed by atoms with E-state index in [4.69, 9.17) is 0 Å². The van der Waals surface area contributed by atoms with Crippen LogP contribution in [0.4, 0.5) is 0 Å². The highest BCUT2D eigenvalue weighted by Crippen LogP contribution is 2.29. The van der Waals surface area contributed by atoms with Gasteiger partial charge in [-0.1, -0.05) is 45.0 Å². The lowest BCUT2D eigenvalue weighted by Gasteiger charge is -2.24. The maximum Gasteiger partial charge on any atom is 0.271 e. The number of aromatic nitrogens is 2. The molecule has 1 aromatic carbocycles. The molecule has 0 fully saturated rings. The number of benzene rings is 1. The molecule has 134 valence electrons. The summed E-state index contributed by atoms with van der Waals surface area (Å²) in [4.78, 5) is 17.0. The Morgan fingerprint density at radius 3 is 2.64 bits per heavy atom. The Morgan fingerprint density at radius 1 is 1.28 bits per heavy atom. The van der Waals surface area contributed by atoms with E-state index >= 15 is 0 Å². The molecule has 0 spiro atoms. The Morgan fingerprint density at radius 2 is 2.00 bits per heavy atom. The fraction of sp³-hybridized carbons (Fsp3) is 0.524. The van der Waals surface area contributed by atoms with Gasteiger partial charge in [-0.3, -0.25) is 4.79 Å². The van der Waals surface area contributed by atoms with Crippen molar-refractivity contribution in [1.82, 2.24) is 14.9 Å². The van der Waals surface area contributed by atoms with E-state index in [1.165, 1.54) is 11.1 Å². The van der Waals surface area contributed by atoms with Crippen LogP contribution in [0.5, 0.6) is 0 Å². The molecule has 4 nitrogen and oxygen atoms in total.